The van der Waals surface area contributed by atoms with Crippen molar-refractivity contribution in [1.29, 1.82) is 0 Å². The molecule has 2 aromatic carbocycles. The number of ether oxygens (including phenoxy) is 3. The van der Waals surface area contributed by atoms with Crippen LogP contribution in [0.2, 0.25) is 0 Å². The first kappa shape index (κ1) is 19.4. The zero-order chi connectivity index (χ0) is 21.8. The van der Waals surface area contributed by atoms with E-state index in [1.54, 1.807) is 36.4 Å². The molecule has 0 fully saturated rings. The molecule has 0 spiro atoms. The second kappa shape index (κ2) is 8.65. The summed E-state index contributed by atoms with van der Waals surface area (Å²) in [5.74, 6) is 2.86. The Kier molecular flexibility index (Phi) is 5.24. The average Bonchev–Trinajstić information content (AvgIpc) is 3.51. The van der Waals surface area contributed by atoms with Gasteiger partial charge in [-0.3, -0.25) is 4.79 Å². The van der Waals surface area contributed by atoms with Crippen molar-refractivity contribution >= 4 is 17.7 Å². The molecule has 0 saturated heterocycles. The molecule has 32 heavy (non-hydrogen) atoms. The summed E-state index contributed by atoms with van der Waals surface area (Å²) in [4.78, 5) is 20.6. The highest BCUT2D eigenvalue weighted by Crippen LogP contribution is 2.32. The highest BCUT2D eigenvalue weighted by molar-refractivity contribution is 6.02. The molecule has 1 amide bonds. The van der Waals surface area contributed by atoms with Gasteiger partial charge < -0.3 is 24.1 Å². The summed E-state index contributed by atoms with van der Waals surface area (Å²) in [6.07, 6.45) is 8.42. The van der Waals surface area contributed by atoms with Crippen LogP contribution in [0.15, 0.2) is 85.5 Å². The van der Waals surface area contributed by atoms with E-state index in [2.05, 4.69) is 15.3 Å². The molecular formula is C24H18N4O4. The number of nitrogens with zero attached hydrogens (tertiary/aromatic N) is 3. The van der Waals surface area contributed by atoms with E-state index in [1.807, 2.05) is 47.3 Å². The van der Waals surface area contributed by atoms with Crippen LogP contribution in [-0.4, -0.2) is 27.2 Å². The van der Waals surface area contributed by atoms with Gasteiger partial charge in [0.2, 0.25) is 18.6 Å². The van der Waals surface area contributed by atoms with Gasteiger partial charge in [0.05, 0.1) is 0 Å². The number of anilines is 1. The van der Waals surface area contributed by atoms with Gasteiger partial charge in [0.1, 0.15) is 17.9 Å². The summed E-state index contributed by atoms with van der Waals surface area (Å²) in [7, 11) is 0. The number of nitrogens with one attached hydrogen (secondary N) is 1. The normalized spacial score (nSPS) is 12.1. The number of benzene rings is 2. The van der Waals surface area contributed by atoms with Crippen LogP contribution in [-0.2, 0) is 4.79 Å². The molecule has 8 nitrogen and oxygen atoms in total. The van der Waals surface area contributed by atoms with E-state index in [-0.39, 0.29) is 12.7 Å². The number of amides is 1. The average molecular weight is 426 g/mol. The third-order valence-electron chi connectivity index (χ3n) is 4.66. The molecule has 1 aliphatic heterocycles. The molecule has 5 rings (SSSR count). The van der Waals surface area contributed by atoms with Gasteiger partial charge in [-0.15, -0.1) is 0 Å². The summed E-state index contributed by atoms with van der Waals surface area (Å²) < 4.78 is 18.3. The topological polar surface area (TPSA) is 87.5 Å². The SMILES string of the molecule is O=C(/C=C/c1ccc2c(c1)OCO2)Nc1ccc(Oc2cc(-n3cccc3)ncn2)cc1. The first-order chi connectivity index (χ1) is 15.7. The predicted octanol–water partition coefficient (Wildman–Crippen LogP) is 4.44. The number of carbonyl (C=O) groups excluding carboxylic acids is 1. The van der Waals surface area contributed by atoms with Crippen molar-refractivity contribution < 1.29 is 19.0 Å². The summed E-state index contributed by atoms with van der Waals surface area (Å²) in [5.41, 5.74) is 1.49. The van der Waals surface area contributed by atoms with E-state index >= 15 is 0 Å². The number of fused-ring (bicyclic) bond motifs is 1. The maximum absolute atomic E-state index is 12.2. The fraction of sp³-hybridized carbons (Fsp3) is 0.0417. The van der Waals surface area contributed by atoms with Gasteiger partial charge in [0, 0.05) is 30.2 Å². The standard InChI is InChI=1S/C24H18N4O4/c29-23(10-4-17-3-9-20-21(13-17)31-16-30-20)27-18-5-7-19(8-6-18)32-24-14-22(25-15-26-24)28-11-1-2-12-28/h1-15H,16H2,(H,27,29)/b10-4+. The van der Waals surface area contributed by atoms with Gasteiger partial charge in [-0.1, -0.05) is 6.07 Å². The largest absolute Gasteiger partial charge is 0.454 e. The lowest BCUT2D eigenvalue weighted by Crippen LogP contribution is -2.07. The Labute approximate surface area is 183 Å². The first-order valence-electron chi connectivity index (χ1n) is 9.85. The lowest BCUT2D eigenvalue weighted by atomic mass is 10.2. The third-order valence-corrected chi connectivity index (χ3v) is 4.66. The van der Waals surface area contributed by atoms with Crippen LogP contribution in [0.25, 0.3) is 11.9 Å². The van der Waals surface area contributed by atoms with Crippen molar-refractivity contribution in [1.82, 2.24) is 14.5 Å². The van der Waals surface area contributed by atoms with Crippen molar-refractivity contribution in [3.63, 3.8) is 0 Å². The summed E-state index contributed by atoms with van der Waals surface area (Å²) in [6, 6.07) is 18.1. The molecule has 1 aliphatic rings. The van der Waals surface area contributed by atoms with Crippen LogP contribution in [0.5, 0.6) is 23.1 Å². The molecule has 2 aromatic heterocycles. The van der Waals surface area contributed by atoms with Crippen molar-refractivity contribution in [3.8, 4) is 28.9 Å². The van der Waals surface area contributed by atoms with Gasteiger partial charge in [0.15, 0.2) is 11.5 Å². The fourth-order valence-corrected chi connectivity index (χ4v) is 3.11. The number of aromatic nitrogens is 3. The molecule has 1 N–H and O–H groups in total. The second-order valence-corrected chi connectivity index (χ2v) is 6.87. The van der Waals surface area contributed by atoms with Crippen LogP contribution in [0, 0.1) is 0 Å². The monoisotopic (exact) mass is 426 g/mol. The lowest BCUT2D eigenvalue weighted by Gasteiger charge is -2.08. The molecule has 4 aromatic rings. The zero-order valence-corrected chi connectivity index (χ0v) is 16.8. The van der Waals surface area contributed by atoms with Gasteiger partial charge in [-0.25, -0.2) is 9.97 Å². The van der Waals surface area contributed by atoms with Gasteiger partial charge in [-0.05, 0) is 60.2 Å². The maximum Gasteiger partial charge on any atom is 0.248 e. The number of carbonyl (C=O) groups is 1. The van der Waals surface area contributed by atoms with Crippen molar-refractivity contribution in [2.45, 2.75) is 0 Å². The van der Waals surface area contributed by atoms with Crippen LogP contribution in [0.3, 0.4) is 0 Å². The van der Waals surface area contributed by atoms with Crippen LogP contribution < -0.4 is 19.5 Å². The van der Waals surface area contributed by atoms with Gasteiger partial charge in [-0.2, -0.15) is 0 Å². The molecule has 8 heteroatoms. The van der Waals surface area contributed by atoms with Crippen molar-refractivity contribution in [3.05, 3.63) is 91.0 Å². The second-order valence-electron chi connectivity index (χ2n) is 6.87. The minimum absolute atomic E-state index is 0.216. The maximum atomic E-state index is 12.2. The molecule has 0 aliphatic carbocycles. The fourth-order valence-electron chi connectivity index (χ4n) is 3.11. The Hall–Kier alpha value is -4.59. The van der Waals surface area contributed by atoms with Gasteiger partial charge >= 0.3 is 0 Å². The third kappa shape index (κ3) is 4.44. The van der Waals surface area contributed by atoms with E-state index in [4.69, 9.17) is 14.2 Å². The predicted molar refractivity (Wildman–Crippen MR) is 118 cm³/mol. The Morgan fingerprint density at radius 3 is 2.66 bits per heavy atom. The minimum Gasteiger partial charge on any atom is -0.454 e. The molecule has 3 heterocycles. The molecule has 0 saturated carbocycles. The number of hydrogen-bond acceptors (Lipinski definition) is 6. The number of hydrogen-bond donors (Lipinski definition) is 1. The van der Waals surface area contributed by atoms with E-state index in [0.29, 0.717) is 34.6 Å². The zero-order valence-electron chi connectivity index (χ0n) is 16.8. The minimum atomic E-state index is -0.247. The quantitative estimate of drug-likeness (QED) is 0.459. The highest BCUT2D eigenvalue weighted by atomic mass is 16.7. The lowest BCUT2D eigenvalue weighted by molar-refractivity contribution is -0.111. The number of rotatable bonds is 6. The van der Waals surface area contributed by atoms with E-state index in [0.717, 1.165) is 5.56 Å². The van der Waals surface area contributed by atoms with Crippen molar-refractivity contribution in [2.75, 3.05) is 12.1 Å². The smallest absolute Gasteiger partial charge is 0.248 e. The Morgan fingerprint density at radius 1 is 1.00 bits per heavy atom. The summed E-state index contributed by atoms with van der Waals surface area (Å²) in [6.45, 7) is 0.216. The molecule has 0 atom stereocenters. The molecule has 0 unspecified atom stereocenters. The van der Waals surface area contributed by atoms with Crippen LogP contribution >= 0.6 is 0 Å². The molecular weight excluding hydrogens is 408 g/mol. The molecule has 0 radical (unpaired) electrons. The highest BCUT2D eigenvalue weighted by Gasteiger charge is 2.12. The summed E-state index contributed by atoms with van der Waals surface area (Å²) >= 11 is 0. The van der Waals surface area contributed by atoms with Crippen LogP contribution in [0.4, 0.5) is 5.69 Å². The molecule has 0 bridgehead atoms. The Bertz CT molecular complexity index is 1270. The first-order valence-corrected chi connectivity index (χ1v) is 9.85. The van der Waals surface area contributed by atoms with E-state index < -0.39 is 0 Å². The van der Waals surface area contributed by atoms with Crippen molar-refractivity contribution in [2.24, 2.45) is 0 Å². The van der Waals surface area contributed by atoms with E-state index in [1.165, 1.54) is 12.4 Å². The summed E-state index contributed by atoms with van der Waals surface area (Å²) in [5, 5.41) is 2.82. The van der Waals surface area contributed by atoms with E-state index in [9.17, 15) is 4.79 Å². The molecule has 158 valence electrons. The Balaban J connectivity index is 1.19. The van der Waals surface area contributed by atoms with Gasteiger partial charge in [0.25, 0.3) is 0 Å². The van der Waals surface area contributed by atoms with Crippen LogP contribution in [0.1, 0.15) is 5.56 Å². The Morgan fingerprint density at radius 2 is 1.81 bits per heavy atom.